The topological polar surface area (TPSA) is 42.2 Å². The number of rotatable bonds is 2. The molecule has 0 aromatic heterocycles. The molecular formula is C11H17NO2. The van der Waals surface area contributed by atoms with Crippen LogP contribution in [-0.2, 0) is 9.47 Å². The van der Waals surface area contributed by atoms with Gasteiger partial charge in [-0.3, -0.25) is 0 Å². The first-order valence-electron chi connectivity index (χ1n) is 5.34. The van der Waals surface area contributed by atoms with Gasteiger partial charge in [-0.2, -0.15) is 5.26 Å². The van der Waals surface area contributed by atoms with Gasteiger partial charge >= 0.3 is 0 Å². The molecule has 0 aromatic rings. The molecule has 0 radical (unpaired) electrons. The number of hydrogen-bond donors (Lipinski definition) is 0. The minimum atomic E-state index is -0.253. The Kier molecular flexibility index (Phi) is 2.76. The van der Waals surface area contributed by atoms with Crippen molar-refractivity contribution in [3.63, 3.8) is 0 Å². The normalized spacial score (nSPS) is 42.6. The van der Waals surface area contributed by atoms with Gasteiger partial charge in [0.1, 0.15) is 0 Å². The van der Waals surface area contributed by atoms with Crippen LogP contribution in [0.5, 0.6) is 0 Å². The number of ether oxygens (including phenoxy) is 2. The van der Waals surface area contributed by atoms with E-state index in [2.05, 4.69) is 6.07 Å². The summed E-state index contributed by atoms with van der Waals surface area (Å²) in [4.78, 5) is 0. The predicted molar refractivity (Wildman–Crippen MR) is 51.6 cm³/mol. The van der Waals surface area contributed by atoms with E-state index in [1.807, 2.05) is 0 Å². The van der Waals surface area contributed by atoms with Crippen molar-refractivity contribution < 1.29 is 9.47 Å². The number of nitriles is 1. The molecular weight excluding hydrogens is 178 g/mol. The standard InChI is InChI=1S/C11H17NO2/c1-13-10-4-2-3-9(10)11(7-12)5-6-14-8-11/h9-10H,2-6,8H2,1H3. The lowest BCUT2D eigenvalue weighted by molar-refractivity contribution is 0.0224. The van der Waals surface area contributed by atoms with Gasteiger partial charge in [0.15, 0.2) is 0 Å². The molecule has 2 fully saturated rings. The third-order valence-electron chi connectivity index (χ3n) is 3.74. The molecule has 0 aromatic carbocycles. The van der Waals surface area contributed by atoms with Crippen molar-refractivity contribution in [3.8, 4) is 6.07 Å². The van der Waals surface area contributed by atoms with Crippen LogP contribution in [0.15, 0.2) is 0 Å². The van der Waals surface area contributed by atoms with Crippen molar-refractivity contribution in [3.05, 3.63) is 0 Å². The molecule has 2 aliphatic rings. The van der Waals surface area contributed by atoms with E-state index in [0.717, 1.165) is 25.9 Å². The minimum Gasteiger partial charge on any atom is -0.381 e. The van der Waals surface area contributed by atoms with Gasteiger partial charge < -0.3 is 9.47 Å². The summed E-state index contributed by atoms with van der Waals surface area (Å²) in [5.74, 6) is 0.389. The van der Waals surface area contributed by atoms with Crippen LogP contribution in [0.3, 0.4) is 0 Å². The average Bonchev–Trinajstić information content (AvgIpc) is 2.86. The van der Waals surface area contributed by atoms with E-state index >= 15 is 0 Å². The first-order chi connectivity index (χ1) is 6.82. The highest BCUT2D eigenvalue weighted by atomic mass is 16.5. The van der Waals surface area contributed by atoms with Crippen molar-refractivity contribution >= 4 is 0 Å². The van der Waals surface area contributed by atoms with Crippen molar-refractivity contribution in [2.24, 2.45) is 11.3 Å². The zero-order valence-corrected chi connectivity index (χ0v) is 8.66. The monoisotopic (exact) mass is 195 g/mol. The fourth-order valence-corrected chi connectivity index (χ4v) is 2.88. The molecule has 1 aliphatic carbocycles. The van der Waals surface area contributed by atoms with Crippen LogP contribution in [0, 0.1) is 22.7 Å². The second-order valence-electron chi connectivity index (χ2n) is 4.38. The zero-order chi connectivity index (χ0) is 10.0. The Morgan fingerprint density at radius 2 is 2.36 bits per heavy atom. The predicted octanol–water partition coefficient (Wildman–Crippen LogP) is 1.73. The van der Waals surface area contributed by atoms with Crippen LogP contribution in [0.1, 0.15) is 25.7 Å². The Hall–Kier alpha value is -0.590. The molecule has 1 saturated heterocycles. The lowest BCUT2D eigenvalue weighted by atomic mass is 9.74. The van der Waals surface area contributed by atoms with Crippen LogP contribution in [-0.4, -0.2) is 26.4 Å². The summed E-state index contributed by atoms with van der Waals surface area (Å²) >= 11 is 0. The first kappa shape index (κ1) is 9.95. The van der Waals surface area contributed by atoms with Gasteiger partial charge in [0.25, 0.3) is 0 Å². The van der Waals surface area contributed by atoms with Crippen LogP contribution in [0.2, 0.25) is 0 Å². The van der Waals surface area contributed by atoms with Crippen LogP contribution < -0.4 is 0 Å². The zero-order valence-electron chi connectivity index (χ0n) is 8.66. The molecule has 0 bridgehead atoms. The highest BCUT2D eigenvalue weighted by Gasteiger charge is 2.48. The minimum absolute atomic E-state index is 0.253. The smallest absolute Gasteiger partial charge is 0.0881 e. The van der Waals surface area contributed by atoms with E-state index in [4.69, 9.17) is 9.47 Å². The van der Waals surface area contributed by atoms with E-state index in [1.165, 1.54) is 6.42 Å². The van der Waals surface area contributed by atoms with E-state index in [1.54, 1.807) is 7.11 Å². The molecule has 3 atom stereocenters. The van der Waals surface area contributed by atoms with Gasteiger partial charge in [-0.15, -0.1) is 0 Å². The maximum absolute atomic E-state index is 9.30. The van der Waals surface area contributed by atoms with Gasteiger partial charge in [0, 0.05) is 19.6 Å². The summed E-state index contributed by atoms with van der Waals surface area (Å²) in [5, 5.41) is 9.30. The first-order valence-corrected chi connectivity index (χ1v) is 5.34. The van der Waals surface area contributed by atoms with Crippen molar-refractivity contribution in [1.82, 2.24) is 0 Å². The average molecular weight is 195 g/mol. The van der Waals surface area contributed by atoms with Crippen molar-refractivity contribution in [2.45, 2.75) is 31.8 Å². The lowest BCUT2D eigenvalue weighted by Gasteiger charge is -2.30. The van der Waals surface area contributed by atoms with E-state index in [-0.39, 0.29) is 11.5 Å². The van der Waals surface area contributed by atoms with Crippen LogP contribution >= 0.6 is 0 Å². The van der Waals surface area contributed by atoms with E-state index in [0.29, 0.717) is 12.5 Å². The third kappa shape index (κ3) is 1.43. The van der Waals surface area contributed by atoms with Gasteiger partial charge in [-0.25, -0.2) is 0 Å². The molecule has 0 amide bonds. The summed E-state index contributed by atoms with van der Waals surface area (Å²) in [5.41, 5.74) is -0.253. The van der Waals surface area contributed by atoms with Crippen LogP contribution in [0.4, 0.5) is 0 Å². The Balaban J connectivity index is 2.15. The fourth-order valence-electron chi connectivity index (χ4n) is 2.88. The van der Waals surface area contributed by atoms with Crippen molar-refractivity contribution in [2.75, 3.05) is 20.3 Å². The van der Waals surface area contributed by atoms with Gasteiger partial charge in [0.2, 0.25) is 0 Å². The maximum Gasteiger partial charge on any atom is 0.0881 e. The Bertz CT molecular complexity index is 240. The molecule has 3 unspecified atom stereocenters. The summed E-state index contributed by atoms with van der Waals surface area (Å²) in [6.07, 6.45) is 4.57. The van der Waals surface area contributed by atoms with Gasteiger partial charge in [-0.05, 0) is 19.3 Å². The van der Waals surface area contributed by atoms with Crippen molar-refractivity contribution in [1.29, 1.82) is 5.26 Å². The Morgan fingerprint density at radius 1 is 1.50 bits per heavy atom. The highest BCUT2D eigenvalue weighted by molar-refractivity contribution is 5.08. The van der Waals surface area contributed by atoms with Gasteiger partial charge in [0.05, 0.1) is 24.2 Å². The summed E-state index contributed by atoms with van der Waals surface area (Å²) in [7, 11) is 1.75. The van der Waals surface area contributed by atoms with Gasteiger partial charge in [-0.1, -0.05) is 6.42 Å². The molecule has 1 saturated carbocycles. The van der Waals surface area contributed by atoms with Crippen LogP contribution in [0.25, 0.3) is 0 Å². The summed E-state index contributed by atoms with van der Waals surface area (Å²) in [6, 6.07) is 2.48. The number of hydrogen-bond acceptors (Lipinski definition) is 3. The highest BCUT2D eigenvalue weighted by Crippen LogP contribution is 2.45. The molecule has 1 aliphatic heterocycles. The molecule has 78 valence electrons. The Labute approximate surface area is 85.0 Å². The molecule has 3 heteroatoms. The Morgan fingerprint density at radius 3 is 2.93 bits per heavy atom. The summed E-state index contributed by atoms with van der Waals surface area (Å²) < 4.78 is 10.8. The quantitative estimate of drug-likeness (QED) is 0.674. The lowest BCUT2D eigenvalue weighted by Crippen LogP contribution is -2.35. The van der Waals surface area contributed by atoms with E-state index in [9.17, 15) is 5.26 Å². The molecule has 14 heavy (non-hydrogen) atoms. The van der Waals surface area contributed by atoms with E-state index < -0.39 is 0 Å². The molecule has 1 heterocycles. The largest absolute Gasteiger partial charge is 0.381 e. The molecule has 0 N–H and O–H groups in total. The molecule has 3 nitrogen and oxygen atoms in total. The third-order valence-corrected chi connectivity index (χ3v) is 3.74. The molecule has 2 rings (SSSR count). The SMILES string of the molecule is COC1CCCC1C1(C#N)CCOC1. The number of nitrogens with zero attached hydrogens (tertiary/aromatic N) is 1. The number of methoxy groups -OCH3 is 1. The molecule has 0 spiro atoms. The second-order valence-corrected chi connectivity index (χ2v) is 4.38. The fraction of sp³-hybridized carbons (Fsp3) is 0.909. The summed E-state index contributed by atoms with van der Waals surface area (Å²) in [6.45, 7) is 1.34. The maximum atomic E-state index is 9.30. The second kappa shape index (κ2) is 3.88.